The van der Waals surface area contributed by atoms with Gasteiger partial charge in [-0.3, -0.25) is 4.72 Å². The van der Waals surface area contributed by atoms with Crippen molar-refractivity contribution >= 4 is 33.0 Å². The molecule has 136 valence electrons. The van der Waals surface area contributed by atoms with Gasteiger partial charge in [-0.05, 0) is 42.3 Å². The monoisotopic (exact) mass is 398 g/mol. The van der Waals surface area contributed by atoms with Crippen molar-refractivity contribution in [3.05, 3.63) is 70.6 Å². The molecule has 0 atom stereocenters. The van der Waals surface area contributed by atoms with E-state index >= 15 is 0 Å². The summed E-state index contributed by atoms with van der Waals surface area (Å²) in [6.07, 6.45) is 0. The van der Waals surface area contributed by atoms with Crippen LogP contribution in [-0.4, -0.2) is 19.5 Å². The van der Waals surface area contributed by atoms with Crippen molar-refractivity contribution in [3.63, 3.8) is 0 Å². The molecule has 0 aliphatic carbocycles. The number of aromatic carboxylic acids is 1. The number of aryl methyl sites for hydroxylation is 1. The van der Waals surface area contributed by atoms with Crippen molar-refractivity contribution in [1.29, 1.82) is 5.26 Å². The number of carbonyl (C=O) groups is 1. The van der Waals surface area contributed by atoms with E-state index in [1.54, 1.807) is 49.4 Å². The number of nitrogens with zero attached hydrogens (tertiary/aromatic N) is 1. The zero-order valence-corrected chi connectivity index (χ0v) is 15.8. The third kappa shape index (κ3) is 3.84. The van der Waals surface area contributed by atoms with Crippen molar-refractivity contribution in [2.45, 2.75) is 11.8 Å². The second-order valence-corrected chi connectivity index (χ2v) is 8.43. The molecule has 0 amide bonds. The van der Waals surface area contributed by atoms with Gasteiger partial charge in [0.05, 0.1) is 22.2 Å². The van der Waals surface area contributed by atoms with Gasteiger partial charge in [-0.25, -0.2) is 13.2 Å². The van der Waals surface area contributed by atoms with E-state index in [0.29, 0.717) is 21.6 Å². The first-order valence-electron chi connectivity index (χ1n) is 7.78. The predicted octanol–water partition coefficient (Wildman–Crippen LogP) is 4.09. The van der Waals surface area contributed by atoms with Crippen molar-refractivity contribution in [1.82, 2.24) is 0 Å². The fourth-order valence-corrected chi connectivity index (χ4v) is 4.89. The Balaban J connectivity index is 2.06. The molecule has 2 N–H and O–H groups in total. The van der Waals surface area contributed by atoms with Gasteiger partial charge >= 0.3 is 5.97 Å². The average molecular weight is 398 g/mol. The van der Waals surface area contributed by atoms with Gasteiger partial charge in [-0.2, -0.15) is 5.26 Å². The van der Waals surface area contributed by atoms with Crippen LogP contribution in [0, 0.1) is 18.3 Å². The third-order valence-electron chi connectivity index (χ3n) is 3.83. The van der Waals surface area contributed by atoms with Crippen molar-refractivity contribution in [2.24, 2.45) is 0 Å². The highest BCUT2D eigenvalue weighted by atomic mass is 32.2. The summed E-state index contributed by atoms with van der Waals surface area (Å²) in [7, 11) is -3.94. The first-order valence-corrected chi connectivity index (χ1v) is 10.1. The number of nitrogens with one attached hydrogen (secondary N) is 1. The van der Waals surface area contributed by atoms with Gasteiger partial charge in [0.2, 0.25) is 0 Å². The van der Waals surface area contributed by atoms with Crippen LogP contribution in [0.2, 0.25) is 0 Å². The van der Waals surface area contributed by atoms with Crippen LogP contribution in [0.5, 0.6) is 0 Å². The molecular formula is C19H14N2O4S2. The Morgan fingerprint density at radius 3 is 2.56 bits per heavy atom. The summed E-state index contributed by atoms with van der Waals surface area (Å²) in [5, 5.41) is 18.5. The van der Waals surface area contributed by atoms with Crippen molar-refractivity contribution in [2.75, 3.05) is 4.72 Å². The minimum atomic E-state index is -3.94. The minimum Gasteiger partial charge on any atom is -0.477 e. The lowest BCUT2D eigenvalue weighted by atomic mass is 10.1. The van der Waals surface area contributed by atoms with Crippen LogP contribution >= 0.6 is 11.3 Å². The van der Waals surface area contributed by atoms with E-state index < -0.39 is 16.0 Å². The van der Waals surface area contributed by atoms with E-state index in [0.717, 1.165) is 11.3 Å². The zero-order chi connectivity index (χ0) is 19.6. The van der Waals surface area contributed by atoms with E-state index in [4.69, 9.17) is 5.26 Å². The Labute approximate surface area is 160 Å². The molecule has 8 heteroatoms. The lowest BCUT2D eigenvalue weighted by molar-refractivity contribution is 0.0703. The summed E-state index contributed by atoms with van der Waals surface area (Å²) >= 11 is 0.944. The fraction of sp³-hybridized carbons (Fsp3) is 0.0526. The van der Waals surface area contributed by atoms with Crippen LogP contribution < -0.4 is 4.72 Å². The van der Waals surface area contributed by atoms with E-state index in [1.807, 2.05) is 6.07 Å². The molecule has 1 heterocycles. The maximum atomic E-state index is 12.7. The highest BCUT2D eigenvalue weighted by molar-refractivity contribution is 7.92. The molecule has 0 saturated carbocycles. The molecule has 0 saturated heterocycles. The second-order valence-electron chi connectivity index (χ2n) is 5.72. The highest BCUT2D eigenvalue weighted by Crippen LogP contribution is 2.36. The standard InChI is InChI=1S/C19H14N2O4S2/c1-12-5-2-3-8-17(12)27(24,25)21-15-10-16(26-18(15)19(22)23)14-7-4-6-13(9-14)11-20/h2-10,21H,1H3,(H,22,23). The number of hydrogen-bond acceptors (Lipinski definition) is 5. The Kier molecular flexibility index (Phi) is 4.99. The number of anilines is 1. The first kappa shape index (κ1) is 18.6. The number of thiophene rings is 1. The van der Waals surface area contributed by atoms with Gasteiger partial charge in [0.15, 0.2) is 0 Å². The van der Waals surface area contributed by atoms with Gasteiger partial charge in [0, 0.05) is 4.88 Å². The topological polar surface area (TPSA) is 107 Å². The Hall–Kier alpha value is -3.15. The van der Waals surface area contributed by atoms with Crippen LogP contribution in [0.25, 0.3) is 10.4 Å². The lowest BCUT2D eigenvalue weighted by Crippen LogP contribution is -2.15. The molecule has 3 aromatic rings. The quantitative estimate of drug-likeness (QED) is 0.673. The number of carboxylic acid groups (broad SMARTS) is 1. The number of sulfonamides is 1. The molecule has 6 nitrogen and oxygen atoms in total. The minimum absolute atomic E-state index is 0.00638. The maximum absolute atomic E-state index is 12.7. The molecular weight excluding hydrogens is 384 g/mol. The van der Waals surface area contributed by atoms with Crippen molar-refractivity contribution < 1.29 is 18.3 Å². The summed E-state index contributed by atoms with van der Waals surface area (Å²) in [6, 6.07) is 16.6. The molecule has 1 aromatic heterocycles. The van der Waals surface area contributed by atoms with Crippen LogP contribution in [-0.2, 0) is 10.0 Å². The summed E-state index contributed by atoms with van der Waals surface area (Å²) in [6.45, 7) is 1.67. The van der Waals surface area contributed by atoms with Crippen LogP contribution in [0.4, 0.5) is 5.69 Å². The predicted molar refractivity (Wildman–Crippen MR) is 103 cm³/mol. The Morgan fingerprint density at radius 2 is 1.89 bits per heavy atom. The first-order chi connectivity index (χ1) is 12.8. The van der Waals surface area contributed by atoms with Crippen LogP contribution in [0.3, 0.4) is 0 Å². The summed E-state index contributed by atoms with van der Waals surface area (Å²) in [5.74, 6) is -1.23. The van der Waals surface area contributed by atoms with Gasteiger partial charge in [0.1, 0.15) is 4.88 Å². The van der Waals surface area contributed by atoms with Crippen LogP contribution in [0.15, 0.2) is 59.5 Å². The number of benzene rings is 2. The van der Waals surface area contributed by atoms with E-state index in [2.05, 4.69) is 4.72 Å². The Bertz CT molecular complexity index is 1170. The van der Waals surface area contributed by atoms with Gasteiger partial charge in [0.25, 0.3) is 10.0 Å². The van der Waals surface area contributed by atoms with Crippen LogP contribution in [0.1, 0.15) is 20.8 Å². The number of carboxylic acids is 1. The smallest absolute Gasteiger partial charge is 0.348 e. The number of nitriles is 1. The third-order valence-corrected chi connectivity index (χ3v) is 6.53. The summed E-state index contributed by atoms with van der Waals surface area (Å²) in [5.41, 5.74) is 1.62. The van der Waals surface area contributed by atoms with Gasteiger partial charge in [-0.15, -0.1) is 11.3 Å². The molecule has 0 fully saturated rings. The van der Waals surface area contributed by atoms with E-state index in [-0.39, 0.29) is 15.5 Å². The summed E-state index contributed by atoms with van der Waals surface area (Å²) in [4.78, 5) is 12.1. The fourth-order valence-electron chi connectivity index (χ4n) is 2.57. The molecule has 27 heavy (non-hydrogen) atoms. The maximum Gasteiger partial charge on any atom is 0.348 e. The van der Waals surface area contributed by atoms with Gasteiger partial charge < -0.3 is 5.11 Å². The largest absolute Gasteiger partial charge is 0.477 e. The number of hydrogen-bond donors (Lipinski definition) is 2. The molecule has 0 radical (unpaired) electrons. The molecule has 0 aliphatic rings. The second kappa shape index (κ2) is 7.23. The van der Waals surface area contributed by atoms with Gasteiger partial charge in [-0.1, -0.05) is 30.3 Å². The summed E-state index contributed by atoms with van der Waals surface area (Å²) < 4.78 is 27.8. The SMILES string of the molecule is Cc1ccccc1S(=O)(=O)Nc1cc(-c2cccc(C#N)c2)sc1C(=O)O. The average Bonchev–Trinajstić information content (AvgIpc) is 3.05. The van der Waals surface area contributed by atoms with E-state index in [9.17, 15) is 18.3 Å². The molecule has 0 aliphatic heterocycles. The van der Waals surface area contributed by atoms with E-state index in [1.165, 1.54) is 12.1 Å². The zero-order valence-electron chi connectivity index (χ0n) is 14.1. The highest BCUT2D eigenvalue weighted by Gasteiger charge is 2.23. The molecule has 2 aromatic carbocycles. The normalized spacial score (nSPS) is 11.0. The lowest BCUT2D eigenvalue weighted by Gasteiger charge is -2.09. The Morgan fingerprint density at radius 1 is 1.15 bits per heavy atom. The van der Waals surface area contributed by atoms with Crippen molar-refractivity contribution in [3.8, 4) is 16.5 Å². The molecule has 3 rings (SSSR count). The number of rotatable bonds is 5. The molecule has 0 spiro atoms. The molecule has 0 bridgehead atoms. The molecule has 0 unspecified atom stereocenters.